The molecular formula is C18H19N5O2. The molecule has 1 atom stereocenters. The number of hydrogen-bond acceptors (Lipinski definition) is 5. The number of para-hydroxylation sites is 2. The van der Waals surface area contributed by atoms with Crippen molar-refractivity contribution < 1.29 is 9.53 Å². The number of aromatic nitrogens is 4. The zero-order valence-corrected chi connectivity index (χ0v) is 14.0. The average molecular weight is 337 g/mol. The van der Waals surface area contributed by atoms with Crippen LogP contribution in [-0.4, -0.2) is 49.5 Å². The van der Waals surface area contributed by atoms with Crippen molar-refractivity contribution in [3.8, 4) is 5.88 Å². The summed E-state index contributed by atoms with van der Waals surface area (Å²) in [6.45, 7) is 3.39. The van der Waals surface area contributed by atoms with Crippen molar-refractivity contribution >= 4 is 16.9 Å². The summed E-state index contributed by atoms with van der Waals surface area (Å²) >= 11 is 0. The van der Waals surface area contributed by atoms with Gasteiger partial charge in [-0.25, -0.2) is 9.97 Å². The maximum absolute atomic E-state index is 12.6. The summed E-state index contributed by atoms with van der Waals surface area (Å²) in [5.74, 6) is 1.32. The molecule has 7 nitrogen and oxygen atoms in total. The molecule has 7 heteroatoms. The smallest absolute Gasteiger partial charge is 0.242 e. The van der Waals surface area contributed by atoms with Crippen LogP contribution in [0.15, 0.2) is 42.9 Å². The van der Waals surface area contributed by atoms with Crippen LogP contribution in [0.4, 0.5) is 0 Å². The number of imidazole rings is 1. The van der Waals surface area contributed by atoms with Gasteiger partial charge in [-0.05, 0) is 19.1 Å². The van der Waals surface area contributed by atoms with Gasteiger partial charge in [0.15, 0.2) is 0 Å². The molecule has 3 heterocycles. The number of benzene rings is 1. The Kier molecular flexibility index (Phi) is 4.05. The molecule has 0 spiro atoms. The molecule has 2 aromatic heterocycles. The Hall–Kier alpha value is -2.96. The van der Waals surface area contributed by atoms with Gasteiger partial charge >= 0.3 is 0 Å². The molecule has 0 aliphatic carbocycles. The molecule has 0 saturated carbocycles. The summed E-state index contributed by atoms with van der Waals surface area (Å²) < 4.78 is 7.77. The standard InChI is InChI=1S/C18H19N5O2/c1-13-19-8-6-17(21-13)25-14-7-9-22(10-14)18(24)11-23-12-20-15-4-2-3-5-16(15)23/h2-6,8,12,14H,7,9-11H2,1H3/t14-/m1/s1. The van der Waals surface area contributed by atoms with E-state index in [1.807, 2.05) is 40.7 Å². The van der Waals surface area contributed by atoms with Gasteiger partial charge in [0.25, 0.3) is 0 Å². The minimum Gasteiger partial charge on any atom is -0.472 e. The van der Waals surface area contributed by atoms with E-state index in [1.165, 1.54) is 0 Å². The molecule has 0 unspecified atom stereocenters. The third-order valence-corrected chi connectivity index (χ3v) is 4.37. The van der Waals surface area contributed by atoms with E-state index in [9.17, 15) is 4.79 Å². The Morgan fingerprint density at radius 1 is 1.28 bits per heavy atom. The normalized spacial score (nSPS) is 17.2. The summed E-state index contributed by atoms with van der Waals surface area (Å²) in [4.78, 5) is 27.1. The SMILES string of the molecule is Cc1nccc(O[C@@H]2CCN(C(=O)Cn3cnc4ccccc43)C2)n1. The van der Waals surface area contributed by atoms with Crippen molar-refractivity contribution in [2.24, 2.45) is 0 Å². The topological polar surface area (TPSA) is 73.1 Å². The van der Waals surface area contributed by atoms with Crippen molar-refractivity contribution in [2.75, 3.05) is 13.1 Å². The minimum absolute atomic E-state index is 0.0298. The van der Waals surface area contributed by atoms with E-state index in [4.69, 9.17) is 4.74 Å². The van der Waals surface area contributed by atoms with Crippen molar-refractivity contribution in [3.05, 3.63) is 48.7 Å². The molecule has 1 aliphatic rings. The lowest BCUT2D eigenvalue weighted by atomic mass is 10.3. The molecule has 1 fully saturated rings. The first kappa shape index (κ1) is 15.6. The lowest BCUT2D eigenvalue weighted by Crippen LogP contribution is -2.33. The maximum Gasteiger partial charge on any atom is 0.242 e. The number of ether oxygens (including phenoxy) is 1. The summed E-state index contributed by atoms with van der Waals surface area (Å²) in [5, 5.41) is 0. The zero-order chi connectivity index (χ0) is 17.2. The number of nitrogens with zero attached hydrogens (tertiary/aromatic N) is 5. The van der Waals surface area contributed by atoms with Crippen LogP contribution < -0.4 is 4.74 Å². The largest absolute Gasteiger partial charge is 0.472 e. The second kappa shape index (κ2) is 6.51. The lowest BCUT2D eigenvalue weighted by Gasteiger charge is -2.17. The Labute approximate surface area is 145 Å². The Bertz CT molecular complexity index is 907. The molecule has 0 bridgehead atoms. The maximum atomic E-state index is 12.6. The highest BCUT2D eigenvalue weighted by molar-refractivity contribution is 5.80. The van der Waals surface area contributed by atoms with E-state index in [2.05, 4.69) is 15.0 Å². The lowest BCUT2D eigenvalue weighted by molar-refractivity contribution is -0.131. The number of aryl methyl sites for hydroxylation is 1. The van der Waals surface area contributed by atoms with Gasteiger partial charge in [0, 0.05) is 25.2 Å². The molecule has 25 heavy (non-hydrogen) atoms. The van der Waals surface area contributed by atoms with E-state index in [-0.39, 0.29) is 12.0 Å². The predicted octanol–water partition coefficient (Wildman–Crippen LogP) is 1.81. The molecular weight excluding hydrogens is 318 g/mol. The summed E-state index contributed by atoms with van der Waals surface area (Å²) in [6.07, 6.45) is 4.17. The second-order valence-electron chi connectivity index (χ2n) is 6.17. The highest BCUT2D eigenvalue weighted by Crippen LogP contribution is 2.18. The first-order valence-electron chi connectivity index (χ1n) is 8.33. The van der Waals surface area contributed by atoms with Gasteiger partial charge in [0.1, 0.15) is 18.5 Å². The second-order valence-corrected chi connectivity index (χ2v) is 6.17. The highest BCUT2D eigenvalue weighted by atomic mass is 16.5. The number of hydrogen-bond donors (Lipinski definition) is 0. The number of amides is 1. The van der Waals surface area contributed by atoms with Crippen molar-refractivity contribution in [2.45, 2.75) is 26.0 Å². The van der Waals surface area contributed by atoms with Crippen molar-refractivity contribution in [1.82, 2.24) is 24.4 Å². The molecule has 4 rings (SSSR count). The molecule has 3 aromatic rings. The average Bonchev–Trinajstić information content (AvgIpc) is 3.23. The fourth-order valence-electron chi connectivity index (χ4n) is 3.10. The number of carbonyl (C=O) groups excluding carboxylic acids is 1. The predicted molar refractivity (Wildman–Crippen MR) is 92.1 cm³/mol. The van der Waals surface area contributed by atoms with Gasteiger partial charge in [-0.15, -0.1) is 0 Å². The highest BCUT2D eigenvalue weighted by Gasteiger charge is 2.28. The van der Waals surface area contributed by atoms with E-state index < -0.39 is 0 Å². The fourth-order valence-corrected chi connectivity index (χ4v) is 3.10. The molecule has 1 amide bonds. The monoisotopic (exact) mass is 337 g/mol. The van der Waals surface area contributed by atoms with Gasteiger partial charge < -0.3 is 14.2 Å². The van der Waals surface area contributed by atoms with E-state index in [0.29, 0.717) is 31.3 Å². The van der Waals surface area contributed by atoms with E-state index in [0.717, 1.165) is 17.5 Å². The van der Waals surface area contributed by atoms with Crippen LogP contribution in [0.5, 0.6) is 5.88 Å². The molecule has 1 aromatic carbocycles. The van der Waals surface area contributed by atoms with Crippen LogP contribution >= 0.6 is 0 Å². The van der Waals surface area contributed by atoms with Crippen molar-refractivity contribution in [1.29, 1.82) is 0 Å². The molecule has 0 N–H and O–H groups in total. The van der Waals surface area contributed by atoms with Crippen LogP contribution in [0, 0.1) is 6.92 Å². The van der Waals surface area contributed by atoms with Crippen LogP contribution in [-0.2, 0) is 11.3 Å². The van der Waals surface area contributed by atoms with E-state index >= 15 is 0 Å². The third kappa shape index (κ3) is 3.31. The quantitative estimate of drug-likeness (QED) is 0.726. The number of fused-ring (bicyclic) bond motifs is 1. The molecule has 128 valence electrons. The first-order chi connectivity index (χ1) is 12.2. The van der Waals surface area contributed by atoms with Crippen LogP contribution in [0.1, 0.15) is 12.2 Å². The third-order valence-electron chi connectivity index (χ3n) is 4.37. The van der Waals surface area contributed by atoms with Crippen molar-refractivity contribution in [3.63, 3.8) is 0 Å². The Morgan fingerprint density at radius 2 is 2.16 bits per heavy atom. The molecule has 1 saturated heterocycles. The van der Waals surface area contributed by atoms with Crippen LogP contribution in [0.25, 0.3) is 11.0 Å². The van der Waals surface area contributed by atoms with Crippen LogP contribution in [0.2, 0.25) is 0 Å². The number of rotatable bonds is 4. The van der Waals surface area contributed by atoms with E-state index in [1.54, 1.807) is 18.6 Å². The van der Waals surface area contributed by atoms with Crippen LogP contribution in [0.3, 0.4) is 0 Å². The van der Waals surface area contributed by atoms with Gasteiger partial charge in [-0.3, -0.25) is 4.79 Å². The molecule has 0 radical (unpaired) electrons. The minimum atomic E-state index is -0.0298. The number of carbonyl (C=O) groups is 1. The van der Waals surface area contributed by atoms with Gasteiger partial charge in [-0.1, -0.05) is 12.1 Å². The van der Waals surface area contributed by atoms with Gasteiger partial charge in [0.2, 0.25) is 11.8 Å². The summed E-state index contributed by atoms with van der Waals surface area (Å²) in [5.41, 5.74) is 1.87. The Balaban J connectivity index is 1.39. The zero-order valence-electron chi connectivity index (χ0n) is 14.0. The fraction of sp³-hybridized carbons (Fsp3) is 0.333. The Morgan fingerprint density at radius 3 is 3.04 bits per heavy atom. The summed E-state index contributed by atoms with van der Waals surface area (Å²) in [6, 6.07) is 9.56. The molecule has 1 aliphatic heterocycles. The first-order valence-corrected chi connectivity index (χ1v) is 8.33. The van der Waals surface area contributed by atoms with Gasteiger partial charge in [-0.2, -0.15) is 4.98 Å². The summed E-state index contributed by atoms with van der Waals surface area (Å²) in [7, 11) is 0. The number of likely N-dealkylation sites (tertiary alicyclic amines) is 1. The van der Waals surface area contributed by atoms with Gasteiger partial charge in [0.05, 0.1) is 23.9 Å².